The highest BCUT2D eigenvalue weighted by molar-refractivity contribution is 8.00. The summed E-state index contributed by atoms with van der Waals surface area (Å²) in [7, 11) is 0. The molecule has 0 saturated heterocycles. The fourth-order valence-corrected chi connectivity index (χ4v) is 2.79. The van der Waals surface area contributed by atoms with Gasteiger partial charge in [0, 0.05) is 12.2 Å². The summed E-state index contributed by atoms with van der Waals surface area (Å²) in [5, 5.41) is 8.56. The van der Waals surface area contributed by atoms with Crippen LogP contribution in [0.25, 0.3) is 11.0 Å². The van der Waals surface area contributed by atoms with Gasteiger partial charge < -0.3 is 10.1 Å². The smallest absolute Gasteiger partial charge is 0.316 e. The first-order chi connectivity index (χ1) is 9.10. The van der Waals surface area contributed by atoms with Crippen LogP contribution in [0.5, 0.6) is 0 Å². The van der Waals surface area contributed by atoms with Crippen LogP contribution in [0.3, 0.4) is 0 Å². The molecule has 0 amide bonds. The molecule has 6 heteroatoms. The number of carbonyl (C=O) groups is 1. The fraction of sp³-hybridized carbons (Fsp3) is 0.385. The highest BCUT2D eigenvalue weighted by Gasteiger charge is 2.15. The van der Waals surface area contributed by atoms with Crippen molar-refractivity contribution < 1.29 is 14.3 Å². The van der Waals surface area contributed by atoms with Gasteiger partial charge in [0.1, 0.15) is 16.9 Å². The maximum absolute atomic E-state index is 13.0. The largest absolute Gasteiger partial charge is 0.480 e. The summed E-state index contributed by atoms with van der Waals surface area (Å²) in [6.45, 7) is 1.86. The number of aliphatic carboxylic acids is 1. The Morgan fingerprint density at radius 3 is 3.05 bits per heavy atom. The van der Waals surface area contributed by atoms with Gasteiger partial charge in [-0.3, -0.25) is 4.79 Å². The Kier molecular flexibility index (Phi) is 4.42. The average molecular weight is 282 g/mol. The van der Waals surface area contributed by atoms with Crippen LogP contribution >= 0.6 is 11.8 Å². The lowest BCUT2D eigenvalue weighted by molar-refractivity contribution is -0.136. The normalized spacial score (nSPS) is 12.7. The van der Waals surface area contributed by atoms with E-state index >= 15 is 0 Å². The van der Waals surface area contributed by atoms with E-state index in [1.165, 1.54) is 23.9 Å². The summed E-state index contributed by atoms with van der Waals surface area (Å²) in [4.78, 5) is 18.2. The topological polar surface area (TPSA) is 66.0 Å². The first-order valence-corrected chi connectivity index (χ1v) is 7.13. The summed E-state index contributed by atoms with van der Waals surface area (Å²) in [6, 6.07) is 4.41. The van der Waals surface area contributed by atoms with Gasteiger partial charge in [-0.15, -0.1) is 11.8 Å². The highest BCUT2D eigenvalue weighted by atomic mass is 32.2. The Bertz CT molecular complexity index is 585. The first-order valence-electron chi connectivity index (χ1n) is 6.08. The molecular formula is C13H15FN2O2S. The second kappa shape index (κ2) is 6.06. The number of nitrogens with zero attached hydrogens (tertiary/aromatic N) is 1. The van der Waals surface area contributed by atoms with Crippen LogP contribution in [-0.4, -0.2) is 32.0 Å². The van der Waals surface area contributed by atoms with Gasteiger partial charge in [0.05, 0.1) is 11.0 Å². The number of nitrogens with one attached hydrogen (secondary N) is 1. The van der Waals surface area contributed by atoms with E-state index in [0.717, 1.165) is 11.3 Å². The lowest BCUT2D eigenvalue weighted by Gasteiger charge is -2.07. The minimum atomic E-state index is -0.779. The molecule has 0 aliphatic rings. The van der Waals surface area contributed by atoms with Gasteiger partial charge in [0.25, 0.3) is 0 Å². The van der Waals surface area contributed by atoms with E-state index in [2.05, 4.69) is 9.97 Å². The molecule has 0 bridgehead atoms. The summed E-state index contributed by atoms with van der Waals surface area (Å²) in [5.74, 6) is 0.356. The summed E-state index contributed by atoms with van der Waals surface area (Å²) >= 11 is 1.40. The second-order valence-electron chi connectivity index (χ2n) is 4.20. The molecule has 0 aliphatic carbocycles. The number of thioether (sulfide) groups is 1. The maximum Gasteiger partial charge on any atom is 0.316 e. The SMILES string of the molecule is CCC(SCCc1nc2ccc(F)cc2[nH]1)C(=O)O. The number of carboxylic acids is 1. The van der Waals surface area contributed by atoms with Gasteiger partial charge in [-0.05, 0) is 24.6 Å². The lowest BCUT2D eigenvalue weighted by atomic mass is 10.3. The number of rotatable bonds is 6. The molecule has 102 valence electrons. The Morgan fingerprint density at radius 2 is 2.37 bits per heavy atom. The molecule has 1 aromatic heterocycles. The van der Waals surface area contributed by atoms with Gasteiger partial charge in [-0.1, -0.05) is 6.92 Å². The molecule has 0 saturated carbocycles. The number of imidazole rings is 1. The van der Waals surface area contributed by atoms with Crippen LogP contribution in [0, 0.1) is 5.82 Å². The molecule has 1 atom stereocenters. The van der Waals surface area contributed by atoms with E-state index in [4.69, 9.17) is 5.11 Å². The predicted molar refractivity (Wildman–Crippen MR) is 73.9 cm³/mol. The van der Waals surface area contributed by atoms with Crippen LogP contribution in [0.1, 0.15) is 19.2 Å². The van der Waals surface area contributed by atoms with Crippen molar-refractivity contribution >= 4 is 28.8 Å². The van der Waals surface area contributed by atoms with E-state index in [9.17, 15) is 9.18 Å². The number of fused-ring (bicyclic) bond motifs is 1. The Hall–Kier alpha value is -1.56. The monoisotopic (exact) mass is 282 g/mol. The van der Waals surface area contributed by atoms with E-state index in [1.54, 1.807) is 6.07 Å². The van der Waals surface area contributed by atoms with Crippen LogP contribution in [0.2, 0.25) is 0 Å². The summed E-state index contributed by atoms with van der Waals surface area (Å²) < 4.78 is 13.0. The number of H-pyrrole nitrogens is 1. The number of halogens is 1. The van der Waals surface area contributed by atoms with Gasteiger partial charge >= 0.3 is 5.97 Å². The number of hydrogen-bond donors (Lipinski definition) is 2. The van der Waals surface area contributed by atoms with Crippen molar-refractivity contribution in [1.82, 2.24) is 9.97 Å². The Labute approximate surface area is 114 Å². The van der Waals surface area contributed by atoms with E-state index < -0.39 is 5.97 Å². The van der Waals surface area contributed by atoms with E-state index in [-0.39, 0.29) is 11.1 Å². The minimum absolute atomic E-state index is 0.297. The number of aryl methyl sites for hydroxylation is 1. The summed E-state index contributed by atoms with van der Waals surface area (Å²) in [5.41, 5.74) is 1.40. The zero-order valence-electron chi connectivity index (χ0n) is 10.5. The number of aromatic nitrogens is 2. The minimum Gasteiger partial charge on any atom is -0.480 e. The van der Waals surface area contributed by atoms with Crippen molar-refractivity contribution in [3.8, 4) is 0 Å². The number of carboxylic acid groups (broad SMARTS) is 1. The van der Waals surface area contributed by atoms with Crippen molar-refractivity contribution in [2.45, 2.75) is 25.0 Å². The Balaban J connectivity index is 1.96. The summed E-state index contributed by atoms with van der Waals surface area (Å²) in [6.07, 6.45) is 1.25. The van der Waals surface area contributed by atoms with Crippen LogP contribution in [0.15, 0.2) is 18.2 Å². The van der Waals surface area contributed by atoms with Crippen molar-refractivity contribution in [1.29, 1.82) is 0 Å². The molecular weight excluding hydrogens is 267 g/mol. The highest BCUT2D eigenvalue weighted by Crippen LogP contribution is 2.18. The maximum atomic E-state index is 13.0. The van der Waals surface area contributed by atoms with Crippen LogP contribution in [0.4, 0.5) is 4.39 Å². The molecule has 0 radical (unpaired) electrons. The number of benzene rings is 1. The standard InChI is InChI=1S/C13H15FN2O2S/c1-2-11(13(17)18)19-6-5-12-15-9-4-3-8(14)7-10(9)16-12/h3-4,7,11H,2,5-6H2,1H3,(H,15,16)(H,17,18). The van der Waals surface area contributed by atoms with E-state index in [0.29, 0.717) is 24.1 Å². The van der Waals surface area contributed by atoms with Gasteiger partial charge in [0.2, 0.25) is 0 Å². The molecule has 0 fully saturated rings. The zero-order chi connectivity index (χ0) is 13.8. The van der Waals surface area contributed by atoms with E-state index in [1.807, 2.05) is 6.92 Å². The van der Waals surface area contributed by atoms with Crippen LogP contribution in [-0.2, 0) is 11.2 Å². The van der Waals surface area contributed by atoms with Gasteiger partial charge in [0.15, 0.2) is 0 Å². The Morgan fingerprint density at radius 1 is 1.58 bits per heavy atom. The molecule has 1 heterocycles. The fourth-order valence-electron chi connectivity index (χ4n) is 1.81. The third-order valence-corrected chi connectivity index (χ3v) is 4.17. The van der Waals surface area contributed by atoms with Crippen molar-refractivity contribution in [2.75, 3.05) is 5.75 Å². The molecule has 0 spiro atoms. The number of hydrogen-bond acceptors (Lipinski definition) is 3. The number of aromatic amines is 1. The molecule has 1 aromatic carbocycles. The van der Waals surface area contributed by atoms with Crippen molar-refractivity contribution in [3.63, 3.8) is 0 Å². The molecule has 1 unspecified atom stereocenters. The zero-order valence-corrected chi connectivity index (χ0v) is 11.3. The van der Waals surface area contributed by atoms with Gasteiger partial charge in [-0.25, -0.2) is 9.37 Å². The molecule has 4 nitrogen and oxygen atoms in total. The lowest BCUT2D eigenvalue weighted by Crippen LogP contribution is -2.15. The van der Waals surface area contributed by atoms with Crippen LogP contribution < -0.4 is 0 Å². The molecule has 2 aromatic rings. The molecule has 19 heavy (non-hydrogen) atoms. The first kappa shape index (κ1) is 13.9. The molecule has 0 aliphatic heterocycles. The molecule has 2 rings (SSSR count). The quantitative estimate of drug-likeness (QED) is 0.855. The molecule has 2 N–H and O–H groups in total. The third kappa shape index (κ3) is 3.47. The van der Waals surface area contributed by atoms with Crippen molar-refractivity contribution in [3.05, 3.63) is 29.8 Å². The predicted octanol–water partition coefficient (Wildman–Crippen LogP) is 2.84. The second-order valence-corrected chi connectivity index (χ2v) is 5.51. The van der Waals surface area contributed by atoms with Crippen molar-refractivity contribution in [2.24, 2.45) is 0 Å². The third-order valence-electron chi connectivity index (χ3n) is 2.80. The average Bonchev–Trinajstić information content (AvgIpc) is 2.75. The van der Waals surface area contributed by atoms with Gasteiger partial charge in [-0.2, -0.15) is 0 Å².